The van der Waals surface area contributed by atoms with Crippen LogP contribution in [0.4, 0.5) is 0 Å². The van der Waals surface area contributed by atoms with Gasteiger partial charge in [-0.2, -0.15) is 9.97 Å². The molecule has 0 unspecified atom stereocenters. The minimum Gasteiger partial charge on any atom is -0.497 e. The number of thioether (sulfide) groups is 2. The van der Waals surface area contributed by atoms with Crippen LogP contribution in [0, 0.1) is 0 Å². The van der Waals surface area contributed by atoms with Crippen LogP contribution >= 0.6 is 23.5 Å². The van der Waals surface area contributed by atoms with E-state index in [2.05, 4.69) is 9.97 Å². The molecule has 1 aromatic carbocycles. The van der Waals surface area contributed by atoms with E-state index in [0.29, 0.717) is 46.2 Å². The van der Waals surface area contributed by atoms with Crippen LogP contribution in [0.2, 0.25) is 0 Å². The van der Waals surface area contributed by atoms with Gasteiger partial charge in [-0.15, -0.1) is 0 Å². The Morgan fingerprint density at radius 1 is 0.968 bits per heavy atom. The van der Waals surface area contributed by atoms with Gasteiger partial charge >= 0.3 is 0 Å². The van der Waals surface area contributed by atoms with Crippen LogP contribution in [0.5, 0.6) is 17.5 Å². The number of methoxy groups -OCH3 is 1. The number of benzene rings is 1. The van der Waals surface area contributed by atoms with E-state index in [1.54, 1.807) is 24.3 Å². The molecule has 0 saturated carbocycles. The summed E-state index contributed by atoms with van der Waals surface area (Å²) in [5.74, 6) is -0.145. The number of aromatic hydroxyl groups is 2. The van der Waals surface area contributed by atoms with E-state index in [9.17, 15) is 19.8 Å². The molecule has 2 N–H and O–H groups in total. The molecular weight excluding hydrogens is 440 g/mol. The highest BCUT2D eigenvalue weighted by atomic mass is 32.2. The maximum Gasteiger partial charge on any atom is 0.262 e. The predicted octanol–water partition coefficient (Wildman–Crippen LogP) is 1.61. The summed E-state index contributed by atoms with van der Waals surface area (Å²) in [7, 11) is 1.51. The number of rotatable bonds is 4. The van der Waals surface area contributed by atoms with Crippen molar-refractivity contribution in [2.75, 3.05) is 18.6 Å². The predicted molar refractivity (Wildman–Crippen MR) is 116 cm³/mol. The minimum atomic E-state index is -1.07. The van der Waals surface area contributed by atoms with E-state index in [-0.39, 0.29) is 11.1 Å². The molecule has 2 aliphatic rings. The van der Waals surface area contributed by atoms with E-state index in [4.69, 9.17) is 4.74 Å². The molecule has 3 aromatic rings. The smallest absolute Gasteiger partial charge is 0.262 e. The number of hydrogen-bond acceptors (Lipinski definition) is 9. The molecule has 31 heavy (non-hydrogen) atoms. The third-order valence-corrected chi connectivity index (χ3v) is 7.31. The molecule has 2 aliphatic heterocycles. The maximum absolute atomic E-state index is 13.4. The maximum atomic E-state index is 13.4. The molecular formula is C20H18N4O5S2. The van der Waals surface area contributed by atoms with E-state index in [0.717, 1.165) is 0 Å². The Morgan fingerprint density at radius 2 is 1.52 bits per heavy atom. The number of aromatic nitrogens is 4. The number of hydrogen-bond donors (Lipinski definition) is 2. The lowest BCUT2D eigenvalue weighted by molar-refractivity contribution is 0.410. The largest absolute Gasteiger partial charge is 0.497 e. The average molecular weight is 459 g/mol. The van der Waals surface area contributed by atoms with Gasteiger partial charge in [0.2, 0.25) is 11.8 Å². The van der Waals surface area contributed by atoms with Gasteiger partial charge in [-0.05, 0) is 17.7 Å². The van der Waals surface area contributed by atoms with E-state index in [1.165, 1.54) is 39.8 Å². The van der Waals surface area contributed by atoms with Gasteiger partial charge in [-0.1, -0.05) is 35.7 Å². The van der Waals surface area contributed by atoms with Crippen molar-refractivity contribution < 1.29 is 14.9 Å². The normalized spacial score (nSPS) is 14.6. The molecule has 9 nitrogen and oxygen atoms in total. The number of fused-ring (bicyclic) bond motifs is 2. The van der Waals surface area contributed by atoms with Crippen molar-refractivity contribution in [1.82, 2.24) is 19.1 Å². The van der Waals surface area contributed by atoms with Crippen molar-refractivity contribution in [3.05, 3.63) is 61.7 Å². The van der Waals surface area contributed by atoms with Crippen molar-refractivity contribution in [3.8, 4) is 17.5 Å². The van der Waals surface area contributed by atoms with Crippen molar-refractivity contribution >= 4 is 23.5 Å². The van der Waals surface area contributed by atoms with Crippen LogP contribution in [-0.4, -0.2) is 47.9 Å². The Hall–Kier alpha value is -2.92. The fourth-order valence-corrected chi connectivity index (χ4v) is 5.83. The molecule has 0 bridgehead atoms. The molecule has 160 valence electrons. The zero-order valence-corrected chi connectivity index (χ0v) is 18.1. The highest BCUT2D eigenvalue weighted by Crippen LogP contribution is 2.39. The first kappa shape index (κ1) is 20.0. The second kappa shape index (κ2) is 7.65. The van der Waals surface area contributed by atoms with E-state index >= 15 is 0 Å². The third-order valence-electron chi connectivity index (χ3n) is 5.39. The molecule has 4 heterocycles. The first-order chi connectivity index (χ1) is 15.0. The molecule has 0 atom stereocenters. The van der Waals surface area contributed by atoms with Crippen molar-refractivity contribution in [1.29, 1.82) is 0 Å². The van der Waals surface area contributed by atoms with E-state index < -0.39 is 28.8 Å². The molecule has 11 heteroatoms. The Kier molecular flexibility index (Phi) is 4.94. The summed E-state index contributed by atoms with van der Waals surface area (Å²) in [5.41, 5.74) is -0.530. The summed E-state index contributed by atoms with van der Waals surface area (Å²) in [6.07, 6.45) is 0. The fourth-order valence-electron chi connectivity index (χ4n) is 3.95. The van der Waals surface area contributed by atoms with Crippen molar-refractivity contribution in [2.45, 2.75) is 29.3 Å². The minimum absolute atomic E-state index is 0.0695. The highest BCUT2D eigenvalue weighted by Gasteiger charge is 2.34. The first-order valence-corrected chi connectivity index (χ1v) is 11.5. The summed E-state index contributed by atoms with van der Waals surface area (Å²) >= 11 is 2.76. The van der Waals surface area contributed by atoms with Crippen LogP contribution in [0.1, 0.15) is 22.6 Å². The van der Waals surface area contributed by atoms with Crippen LogP contribution in [0.25, 0.3) is 0 Å². The molecule has 0 fully saturated rings. The SMILES string of the molecule is COc1cccc(C(c2c(O)nc3n(c2=O)CCS3)c2c(O)nc3n(c2=O)CCS3)c1. The third kappa shape index (κ3) is 3.19. The van der Waals surface area contributed by atoms with Gasteiger partial charge in [0.15, 0.2) is 10.3 Å². The lowest BCUT2D eigenvalue weighted by Gasteiger charge is -2.21. The van der Waals surface area contributed by atoms with Gasteiger partial charge in [0.05, 0.1) is 24.2 Å². The van der Waals surface area contributed by atoms with Gasteiger partial charge in [0.1, 0.15) is 5.75 Å². The van der Waals surface area contributed by atoms with Gasteiger partial charge < -0.3 is 14.9 Å². The van der Waals surface area contributed by atoms with Crippen LogP contribution in [0.3, 0.4) is 0 Å². The fraction of sp³-hybridized carbons (Fsp3) is 0.300. The Balaban J connectivity index is 1.84. The lowest BCUT2D eigenvalue weighted by atomic mass is 9.86. The lowest BCUT2D eigenvalue weighted by Crippen LogP contribution is -2.32. The summed E-state index contributed by atoms with van der Waals surface area (Å²) in [6, 6.07) is 6.83. The Labute approximate surface area is 184 Å². The van der Waals surface area contributed by atoms with Crippen molar-refractivity contribution in [2.24, 2.45) is 0 Å². The van der Waals surface area contributed by atoms with Gasteiger partial charge in [-0.25, -0.2) is 0 Å². The summed E-state index contributed by atoms with van der Waals surface area (Å²) in [5, 5.41) is 22.4. The van der Waals surface area contributed by atoms with E-state index in [1.807, 2.05) is 0 Å². The van der Waals surface area contributed by atoms with Gasteiger partial charge in [-0.3, -0.25) is 18.7 Å². The Morgan fingerprint density at radius 3 is 2.03 bits per heavy atom. The molecule has 0 aliphatic carbocycles. The van der Waals surface area contributed by atoms with Gasteiger partial charge in [0, 0.05) is 24.6 Å². The van der Waals surface area contributed by atoms with Crippen LogP contribution in [-0.2, 0) is 13.1 Å². The molecule has 2 aromatic heterocycles. The topological polar surface area (TPSA) is 119 Å². The monoisotopic (exact) mass is 458 g/mol. The molecule has 0 spiro atoms. The summed E-state index contributed by atoms with van der Waals surface area (Å²) in [4.78, 5) is 35.2. The molecule has 0 radical (unpaired) electrons. The molecule has 0 saturated heterocycles. The molecule has 5 rings (SSSR count). The summed E-state index contributed by atoms with van der Waals surface area (Å²) in [6.45, 7) is 0.905. The number of ether oxygens (including phenoxy) is 1. The standard InChI is InChI=1S/C20H18N4O5S2/c1-29-11-4-2-3-10(9-11)12(13-15(25)21-19-23(17(13)27)5-7-30-19)14-16(26)22-20-24(18(14)28)6-8-31-20/h2-4,9,12,25-26H,5-8H2,1H3. The number of nitrogens with zero attached hydrogens (tertiary/aromatic N) is 4. The zero-order valence-electron chi connectivity index (χ0n) is 16.4. The second-order valence-corrected chi connectivity index (χ2v) is 9.21. The molecule has 0 amide bonds. The quantitative estimate of drug-likeness (QED) is 0.562. The average Bonchev–Trinajstić information content (AvgIpc) is 3.42. The summed E-state index contributed by atoms with van der Waals surface area (Å²) < 4.78 is 8.28. The van der Waals surface area contributed by atoms with Crippen LogP contribution in [0.15, 0.2) is 44.2 Å². The Bertz CT molecular complexity index is 1240. The zero-order chi connectivity index (χ0) is 21.7. The second-order valence-electron chi connectivity index (χ2n) is 7.08. The van der Waals surface area contributed by atoms with Crippen molar-refractivity contribution in [3.63, 3.8) is 0 Å². The van der Waals surface area contributed by atoms with Gasteiger partial charge in [0.25, 0.3) is 11.1 Å². The first-order valence-electron chi connectivity index (χ1n) is 9.56. The highest BCUT2D eigenvalue weighted by molar-refractivity contribution is 7.99. The van der Waals surface area contributed by atoms with Crippen LogP contribution < -0.4 is 15.9 Å².